The van der Waals surface area contributed by atoms with Gasteiger partial charge in [0.1, 0.15) is 5.82 Å². The molecule has 0 radical (unpaired) electrons. The molecule has 1 heterocycles. The summed E-state index contributed by atoms with van der Waals surface area (Å²) in [7, 11) is 1.89. The highest BCUT2D eigenvalue weighted by atomic mass is 19.1. The second-order valence-electron chi connectivity index (χ2n) is 6.26. The van der Waals surface area contributed by atoms with Gasteiger partial charge in [-0.25, -0.2) is 4.39 Å². The fourth-order valence-electron chi connectivity index (χ4n) is 4.02. The molecule has 110 valence electrons. The molecule has 3 rings (SSSR count). The van der Waals surface area contributed by atoms with Gasteiger partial charge in [-0.05, 0) is 56.3 Å². The Hall–Kier alpha value is -1.09. The number of hydrogen-bond acceptors (Lipinski definition) is 2. The van der Waals surface area contributed by atoms with Crippen molar-refractivity contribution in [3.63, 3.8) is 0 Å². The van der Waals surface area contributed by atoms with E-state index in [2.05, 4.69) is 16.3 Å². The molecule has 1 aliphatic heterocycles. The van der Waals surface area contributed by atoms with E-state index in [1.165, 1.54) is 38.5 Å². The first-order chi connectivity index (χ1) is 9.79. The van der Waals surface area contributed by atoms with Crippen LogP contribution in [0.3, 0.4) is 0 Å². The smallest absolute Gasteiger partial charge is 0.146 e. The van der Waals surface area contributed by atoms with Crippen LogP contribution in [-0.4, -0.2) is 19.6 Å². The lowest BCUT2D eigenvalue weighted by molar-refractivity contribution is 0.242. The van der Waals surface area contributed by atoms with E-state index in [0.29, 0.717) is 6.04 Å². The van der Waals surface area contributed by atoms with E-state index in [-0.39, 0.29) is 5.82 Å². The molecule has 2 fully saturated rings. The molecule has 1 aromatic carbocycles. The Morgan fingerprint density at radius 2 is 2.00 bits per heavy atom. The predicted octanol–water partition coefficient (Wildman–Crippen LogP) is 3.70. The summed E-state index contributed by atoms with van der Waals surface area (Å²) in [6, 6.07) is 6.31. The Labute approximate surface area is 121 Å². The molecule has 0 spiro atoms. The Kier molecular flexibility index (Phi) is 4.25. The summed E-state index contributed by atoms with van der Waals surface area (Å²) in [5, 5.41) is 3.08. The van der Waals surface area contributed by atoms with Crippen molar-refractivity contribution in [2.45, 2.75) is 51.1 Å². The summed E-state index contributed by atoms with van der Waals surface area (Å²) in [5.74, 6) is 0.734. The molecule has 1 N–H and O–H groups in total. The molecule has 1 saturated carbocycles. The Morgan fingerprint density at radius 3 is 2.80 bits per heavy atom. The molecule has 1 aliphatic carbocycles. The first-order valence-corrected chi connectivity index (χ1v) is 7.99. The highest BCUT2D eigenvalue weighted by Gasteiger charge is 2.34. The number of rotatable bonds is 3. The minimum absolute atomic E-state index is 0.0519. The van der Waals surface area contributed by atoms with Crippen molar-refractivity contribution in [1.82, 2.24) is 5.32 Å². The van der Waals surface area contributed by atoms with Crippen LogP contribution in [0.5, 0.6) is 0 Å². The van der Waals surface area contributed by atoms with Crippen molar-refractivity contribution in [2.75, 3.05) is 18.5 Å². The van der Waals surface area contributed by atoms with Crippen LogP contribution in [0.2, 0.25) is 0 Å². The highest BCUT2D eigenvalue weighted by Crippen LogP contribution is 2.38. The molecule has 1 aromatic rings. The van der Waals surface area contributed by atoms with Crippen LogP contribution in [0.1, 0.15) is 44.1 Å². The first kappa shape index (κ1) is 13.9. The minimum Gasteiger partial charge on any atom is -0.366 e. The van der Waals surface area contributed by atoms with E-state index in [9.17, 15) is 4.39 Å². The van der Waals surface area contributed by atoms with Gasteiger partial charge in [0.05, 0.1) is 5.69 Å². The van der Waals surface area contributed by atoms with Crippen LogP contribution >= 0.6 is 0 Å². The SMILES string of the molecule is CNCc1ccc(N2CCCC3CCCCC32)c(F)c1. The summed E-state index contributed by atoms with van der Waals surface area (Å²) in [4.78, 5) is 2.35. The quantitative estimate of drug-likeness (QED) is 0.905. The molecule has 20 heavy (non-hydrogen) atoms. The van der Waals surface area contributed by atoms with Crippen molar-refractivity contribution < 1.29 is 4.39 Å². The van der Waals surface area contributed by atoms with Crippen LogP contribution in [0, 0.1) is 11.7 Å². The monoisotopic (exact) mass is 276 g/mol. The Morgan fingerprint density at radius 1 is 1.20 bits per heavy atom. The first-order valence-electron chi connectivity index (χ1n) is 7.99. The van der Waals surface area contributed by atoms with E-state index >= 15 is 0 Å². The molecule has 2 atom stereocenters. The van der Waals surface area contributed by atoms with E-state index < -0.39 is 0 Å². The summed E-state index contributed by atoms with van der Waals surface area (Å²) in [6.45, 7) is 1.74. The van der Waals surface area contributed by atoms with E-state index in [0.717, 1.165) is 30.3 Å². The molecule has 0 bridgehead atoms. The number of fused-ring (bicyclic) bond motifs is 1. The van der Waals surface area contributed by atoms with Crippen LogP contribution in [0.25, 0.3) is 0 Å². The van der Waals surface area contributed by atoms with E-state index in [1.54, 1.807) is 6.07 Å². The molecule has 2 nitrogen and oxygen atoms in total. The Balaban J connectivity index is 1.83. The summed E-state index contributed by atoms with van der Waals surface area (Å²) in [6.07, 6.45) is 7.78. The number of benzene rings is 1. The number of hydrogen-bond donors (Lipinski definition) is 1. The minimum atomic E-state index is -0.0519. The van der Waals surface area contributed by atoms with Gasteiger partial charge in [0.2, 0.25) is 0 Å². The number of piperidine rings is 1. The average Bonchev–Trinajstić information content (AvgIpc) is 2.47. The lowest BCUT2D eigenvalue weighted by Crippen LogP contribution is -2.47. The van der Waals surface area contributed by atoms with Gasteiger partial charge in [0, 0.05) is 19.1 Å². The van der Waals surface area contributed by atoms with Crippen LogP contribution < -0.4 is 10.2 Å². The van der Waals surface area contributed by atoms with Crippen molar-refractivity contribution >= 4 is 5.69 Å². The average molecular weight is 276 g/mol. The maximum absolute atomic E-state index is 14.4. The third kappa shape index (κ3) is 2.69. The molecule has 2 unspecified atom stereocenters. The molecular formula is C17H25FN2. The van der Waals surface area contributed by atoms with Gasteiger partial charge in [-0.2, -0.15) is 0 Å². The van der Waals surface area contributed by atoms with Gasteiger partial charge < -0.3 is 10.2 Å². The third-order valence-corrected chi connectivity index (χ3v) is 4.95. The zero-order chi connectivity index (χ0) is 13.9. The van der Waals surface area contributed by atoms with Crippen molar-refractivity contribution in [3.8, 4) is 0 Å². The maximum atomic E-state index is 14.4. The highest BCUT2D eigenvalue weighted by molar-refractivity contribution is 5.51. The standard InChI is InChI=1S/C17H25FN2/c1-19-12-13-8-9-17(15(18)11-13)20-10-4-6-14-5-2-3-7-16(14)20/h8-9,11,14,16,19H,2-7,10,12H2,1H3. The number of nitrogens with zero attached hydrogens (tertiary/aromatic N) is 1. The second kappa shape index (κ2) is 6.13. The number of halogens is 1. The normalized spacial score (nSPS) is 26.4. The van der Waals surface area contributed by atoms with Crippen LogP contribution in [0.4, 0.5) is 10.1 Å². The summed E-state index contributed by atoms with van der Waals surface area (Å²) >= 11 is 0. The van der Waals surface area contributed by atoms with Gasteiger partial charge >= 0.3 is 0 Å². The van der Waals surface area contributed by atoms with Gasteiger partial charge in [-0.3, -0.25) is 0 Å². The molecule has 3 heteroatoms. The van der Waals surface area contributed by atoms with Crippen molar-refractivity contribution in [1.29, 1.82) is 0 Å². The largest absolute Gasteiger partial charge is 0.366 e. The van der Waals surface area contributed by atoms with E-state index in [4.69, 9.17) is 0 Å². The number of nitrogens with one attached hydrogen (secondary N) is 1. The third-order valence-electron chi connectivity index (χ3n) is 4.95. The van der Waals surface area contributed by atoms with Gasteiger partial charge in [0.15, 0.2) is 0 Å². The fourth-order valence-corrected chi connectivity index (χ4v) is 4.02. The second-order valence-corrected chi connectivity index (χ2v) is 6.26. The van der Waals surface area contributed by atoms with Crippen molar-refractivity contribution in [2.24, 2.45) is 5.92 Å². The van der Waals surface area contributed by atoms with Gasteiger partial charge in [-0.1, -0.05) is 18.9 Å². The van der Waals surface area contributed by atoms with Gasteiger partial charge in [-0.15, -0.1) is 0 Å². The van der Waals surface area contributed by atoms with Gasteiger partial charge in [0.25, 0.3) is 0 Å². The van der Waals surface area contributed by atoms with E-state index in [1.807, 2.05) is 13.1 Å². The molecule has 0 amide bonds. The zero-order valence-electron chi connectivity index (χ0n) is 12.4. The predicted molar refractivity (Wildman–Crippen MR) is 81.5 cm³/mol. The molecule has 2 aliphatic rings. The lowest BCUT2D eigenvalue weighted by atomic mass is 9.78. The summed E-state index contributed by atoms with van der Waals surface area (Å²) < 4.78 is 14.4. The Bertz CT molecular complexity index is 458. The lowest BCUT2D eigenvalue weighted by Gasteiger charge is -2.45. The van der Waals surface area contributed by atoms with Crippen LogP contribution in [0.15, 0.2) is 18.2 Å². The van der Waals surface area contributed by atoms with Crippen molar-refractivity contribution in [3.05, 3.63) is 29.6 Å². The topological polar surface area (TPSA) is 15.3 Å². The zero-order valence-corrected chi connectivity index (χ0v) is 12.4. The molecule has 1 saturated heterocycles. The summed E-state index contributed by atoms with van der Waals surface area (Å²) in [5.41, 5.74) is 1.84. The molecule has 0 aromatic heterocycles. The number of anilines is 1. The van der Waals surface area contributed by atoms with Crippen LogP contribution in [-0.2, 0) is 6.54 Å². The maximum Gasteiger partial charge on any atom is 0.146 e. The molecular weight excluding hydrogens is 251 g/mol. The fraction of sp³-hybridized carbons (Fsp3) is 0.647.